The average molecular weight is 422 g/mol. The second kappa shape index (κ2) is 7.00. The average Bonchev–Trinajstić information content (AvgIpc) is 3.09. The van der Waals surface area contributed by atoms with E-state index in [-0.39, 0.29) is 12.8 Å². The number of fused-ring (bicyclic) bond motifs is 2. The highest BCUT2D eigenvalue weighted by molar-refractivity contribution is 7.87. The molecule has 2 aliphatic carbocycles. The summed E-state index contributed by atoms with van der Waals surface area (Å²) in [4.78, 5) is 23.4. The Kier molecular flexibility index (Phi) is 5.59. The van der Waals surface area contributed by atoms with E-state index in [1.54, 1.807) is 0 Å². The summed E-state index contributed by atoms with van der Waals surface area (Å²) in [7, 11) is -9.41. The second-order valence-electron chi connectivity index (χ2n) is 6.89. The number of nitrogens with one attached hydrogen (secondary N) is 2. The van der Waals surface area contributed by atoms with E-state index in [0.29, 0.717) is 0 Å². The fourth-order valence-electron chi connectivity index (χ4n) is 4.64. The van der Waals surface area contributed by atoms with Gasteiger partial charge in [0, 0.05) is 12.0 Å². The molecule has 6 atom stereocenters. The predicted octanol–water partition coefficient (Wildman–Crippen LogP) is -0.729. The van der Waals surface area contributed by atoms with Crippen LogP contribution in [0.2, 0.25) is 0 Å². The first kappa shape index (κ1) is 21.5. The third-order valence-corrected chi connectivity index (χ3v) is 8.76. The standard InChI is InChI=1S/C15H22N2O8S2/c1-4-11(18)16-8(3)15(27(23,24)25)7-9-6-10(15)13(17-12(19)5-2)14(9)26(20,21)22/h4-5,8-10,13-14H,1-2,6-7H2,3H3,(H,16,18)(H,17,19)(H,20,21,22)(H,23,24,25). The van der Waals surface area contributed by atoms with Crippen molar-refractivity contribution in [2.45, 2.75) is 41.8 Å². The Balaban J connectivity index is 2.56. The lowest BCUT2D eigenvalue weighted by atomic mass is 9.79. The molecule has 0 saturated heterocycles. The second-order valence-corrected chi connectivity index (χ2v) is 10.2. The van der Waals surface area contributed by atoms with Gasteiger partial charge in [-0.05, 0) is 37.8 Å². The first-order valence-electron chi connectivity index (χ1n) is 8.08. The molecule has 0 spiro atoms. The minimum absolute atomic E-state index is 0.0145. The van der Waals surface area contributed by atoms with Crippen molar-refractivity contribution >= 4 is 32.1 Å². The van der Waals surface area contributed by atoms with Gasteiger partial charge in [-0.1, -0.05) is 13.2 Å². The van der Waals surface area contributed by atoms with E-state index in [0.717, 1.165) is 12.2 Å². The Morgan fingerprint density at radius 1 is 1.15 bits per heavy atom. The summed E-state index contributed by atoms with van der Waals surface area (Å²) in [6, 6.07) is -2.40. The molecular weight excluding hydrogens is 400 g/mol. The fourth-order valence-corrected chi connectivity index (χ4v) is 7.52. The van der Waals surface area contributed by atoms with Crippen molar-refractivity contribution < 1.29 is 35.5 Å². The van der Waals surface area contributed by atoms with E-state index in [4.69, 9.17) is 0 Å². The van der Waals surface area contributed by atoms with Crippen LogP contribution in [0.25, 0.3) is 0 Å². The number of amides is 2. The van der Waals surface area contributed by atoms with Gasteiger partial charge < -0.3 is 10.6 Å². The van der Waals surface area contributed by atoms with Gasteiger partial charge in [-0.2, -0.15) is 16.8 Å². The van der Waals surface area contributed by atoms with Gasteiger partial charge in [-0.25, -0.2) is 0 Å². The van der Waals surface area contributed by atoms with Crippen LogP contribution in [0, 0.1) is 11.8 Å². The molecule has 2 fully saturated rings. The van der Waals surface area contributed by atoms with Crippen molar-refractivity contribution in [1.82, 2.24) is 10.6 Å². The van der Waals surface area contributed by atoms with Gasteiger partial charge in [-0.15, -0.1) is 0 Å². The summed E-state index contributed by atoms with van der Waals surface area (Å²) in [5, 5.41) is 3.34. The SMILES string of the molecule is C=CC(=O)NC1C2CC(CC2(C(C)NC(=O)C=C)S(=O)(=O)O)C1S(=O)(=O)O. The topological polar surface area (TPSA) is 167 Å². The van der Waals surface area contributed by atoms with Crippen LogP contribution < -0.4 is 10.6 Å². The minimum Gasteiger partial charge on any atom is -0.348 e. The lowest BCUT2D eigenvalue weighted by molar-refractivity contribution is -0.119. The maximum atomic E-state index is 12.3. The molecule has 2 aliphatic rings. The van der Waals surface area contributed by atoms with Gasteiger partial charge in [0.1, 0.15) is 10.00 Å². The van der Waals surface area contributed by atoms with Crippen molar-refractivity contribution in [2.24, 2.45) is 11.8 Å². The summed E-state index contributed by atoms with van der Waals surface area (Å²) in [6.07, 6.45) is 1.52. The van der Waals surface area contributed by atoms with Crippen LogP contribution in [0.4, 0.5) is 0 Å². The molecule has 0 heterocycles. The molecule has 0 aliphatic heterocycles. The molecule has 2 amide bonds. The first-order chi connectivity index (χ1) is 12.3. The molecular formula is C15H22N2O8S2. The Labute approximate surface area is 157 Å². The monoisotopic (exact) mass is 422 g/mol. The van der Waals surface area contributed by atoms with Crippen LogP contribution in [-0.2, 0) is 29.8 Å². The summed E-state index contributed by atoms with van der Waals surface area (Å²) in [5.41, 5.74) is 0. The van der Waals surface area contributed by atoms with Crippen molar-refractivity contribution in [3.63, 3.8) is 0 Å². The van der Waals surface area contributed by atoms with E-state index < -0.39 is 66.0 Å². The van der Waals surface area contributed by atoms with E-state index in [1.165, 1.54) is 6.92 Å². The number of hydrogen-bond acceptors (Lipinski definition) is 6. The molecule has 0 aromatic heterocycles. The van der Waals surface area contributed by atoms with E-state index in [1.807, 2.05) is 0 Å². The molecule has 2 saturated carbocycles. The molecule has 2 bridgehead atoms. The zero-order valence-electron chi connectivity index (χ0n) is 14.5. The van der Waals surface area contributed by atoms with Crippen molar-refractivity contribution in [3.05, 3.63) is 25.3 Å². The van der Waals surface area contributed by atoms with Crippen LogP contribution in [0.15, 0.2) is 25.3 Å². The van der Waals surface area contributed by atoms with E-state index >= 15 is 0 Å². The normalized spacial score (nSPS) is 33.9. The summed E-state index contributed by atoms with van der Waals surface area (Å²) in [6.45, 7) is 7.91. The smallest absolute Gasteiger partial charge is 0.273 e. The molecule has 10 nitrogen and oxygen atoms in total. The van der Waals surface area contributed by atoms with Crippen LogP contribution >= 0.6 is 0 Å². The lowest BCUT2D eigenvalue weighted by Crippen LogP contribution is -2.66. The van der Waals surface area contributed by atoms with Crippen LogP contribution in [0.3, 0.4) is 0 Å². The third kappa shape index (κ3) is 3.53. The Hall–Kier alpha value is -1.76. The molecule has 2 rings (SSSR count). The number of carbonyl (C=O) groups is 2. The van der Waals surface area contributed by atoms with Gasteiger partial charge in [0.15, 0.2) is 0 Å². The molecule has 152 valence electrons. The summed E-state index contributed by atoms with van der Waals surface area (Å²) >= 11 is 0. The molecule has 0 radical (unpaired) electrons. The van der Waals surface area contributed by atoms with Crippen LogP contribution in [0.5, 0.6) is 0 Å². The van der Waals surface area contributed by atoms with Crippen molar-refractivity contribution in [2.75, 3.05) is 0 Å². The summed E-state index contributed by atoms with van der Waals surface area (Å²) < 4.78 is 66.0. The molecule has 0 aromatic carbocycles. The fraction of sp³-hybridized carbons (Fsp3) is 0.600. The van der Waals surface area contributed by atoms with Gasteiger partial charge in [-0.3, -0.25) is 18.7 Å². The zero-order valence-corrected chi connectivity index (χ0v) is 16.2. The molecule has 12 heteroatoms. The molecule has 0 aromatic rings. The largest absolute Gasteiger partial charge is 0.348 e. The number of rotatable bonds is 7. The maximum absolute atomic E-state index is 12.3. The van der Waals surface area contributed by atoms with E-state index in [9.17, 15) is 35.5 Å². The Morgan fingerprint density at radius 3 is 2.15 bits per heavy atom. The van der Waals surface area contributed by atoms with Gasteiger partial charge >= 0.3 is 0 Å². The molecule has 27 heavy (non-hydrogen) atoms. The zero-order chi connectivity index (χ0) is 20.8. The van der Waals surface area contributed by atoms with Crippen LogP contribution in [-0.4, -0.2) is 59.8 Å². The number of carbonyl (C=O) groups excluding carboxylic acids is 2. The highest BCUT2D eigenvalue weighted by Crippen LogP contribution is 2.57. The maximum Gasteiger partial charge on any atom is 0.273 e. The van der Waals surface area contributed by atoms with Crippen molar-refractivity contribution in [1.29, 1.82) is 0 Å². The highest BCUT2D eigenvalue weighted by Gasteiger charge is 2.70. The Morgan fingerprint density at radius 2 is 1.70 bits per heavy atom. The quantitative estimate of drug-likeness (QED) is 0.308. The molecule has 6 unspecified atom stereocenters. The number of hydrogen-bond donors (Lipinski definition) is 4. The lowest BCUT2D eigenvalue weighted by Gasteiger charge is -2.44. The minimum atomic E-state index is -4.80. The van der Waals surface area contributed by atoms with Gasteiger partial charge in [0.2, 0.25) is 11.8 Å². The van der Waals surface area contributed by atoms with Crippen LogP contribution in [0.1, 0.15) is 19.8 Å². The molecule has 4 N–H and O–H groups in total. The predicted molar refractivity (Wildman–Crippen MR) is 95.8 cm³/mol. The van der Waals surface area contributed by atoms with Crippen molar-refractivity contribution in [3.8, 4) is 0 Å². The van der Waals surface area contributed by atoms with Gasteiger partial charge in [0.25, 0.3) is 20.2 Å². The Bertz CT molecular complexity index is 881. The van der Waals surface area contributed by atoms with E-state index in [2.05, 4.69) is 23.8 Å². The third-order valence-electron chi connectivity index (χ3n) is 5.61. The first-order valence-corrected chi connectivity index (χ1v) is 11.0. The highest BCUT2D eigenvalue weighted by atomic mass is 32.2. The summed E-state index contributed by atoms with van der Waals surface area (Å²) in [5.74, 6) is -3.34. The van der Waals surface area contributed by atoms with Gasteiger partial charge in [0.05, 0.1) is 6.04 Å².